The standard InChI is InChI=1S/C12H13BrN2OS/c1-8-12(17-7-15-8)6-14-10-3-9(13)4-11(5-10)16-2/h3-5,7,14H,6H2,1-2H3. The van der Waals surface area contributed by atoms with E-state index in [1.54, 1.807) is 18.4 Å². The summed E-state index contributed by atoms with van der Waals surface area (Å²) < 4.78 is 6.22. The molecule has 0 bridgehead atoms. The second-order valence-corrected chi connectivity index (χ2v) is 5.45. The van der Waals surface area contributed by atoms with E-state index in [0.29, 0.717) is 0 Å². The number of rotatable bonds is 4. The molecule has 0 aliphatic carbocycles. The van der Waals surface area contributed by atoms with E-state index >= 15 is 0 Å². The fourth-order valence-electron chi connectivity index (χ4n) is 1.46. The first-order valence-corrected chi connectivity index (χ1v) is 6.83. The number of halogens is 1. The van der Waals surface area contributed by atoms with E-state index in [4.69, 9.17) is 4.74 Å². The largest absolute Gasteiger partial charge is 0.497 e. The Morgan fingerprint density at radius 3 is 2.88 bits per heavy atom. The summed E-state index contributed by atoms with van der Waals surface area (Å²) in [6.45, 7) is 2.81. The highest BCUT2D eigenvalue weighted by molar-refractivity contribution is 9.10. The van der Waals surface area contributed by atoms with Crippen LogP contribution >= 0.6 is 27.3 Å². The molecule has 0 atom stereocenters. The maximum atomic E-state index is 5.22. The second-order valence-electron chi connectivity index (χ2n) is 3.59. The lowest BCUT2D eigenvalue weighted by atomic mass is 10.3. The minimum absolute atomic E-state index is 0.788. The summed E-state index contributed by atoms with van der Waals surface area (Å²) in [5, 5.41) is 3.36. The first-order valence-electron chi connectivity index (χ1n) is 5.16. The Labute approximate surface area is 113 Å². The molecule has 0 saturated carbocycles. The highest BCUT2D eigenvalue weighted by Gasteiger charge is 2.03. The number of anilines is 1. The molecule has 90 valence electrons. The minimum atomic E-state index is 0.788. The quantitative estimate of drug-likeness (QED) is 0.931. The molecule has 2 rings (SSSR count). The number of thiazole rings is 1. The van der Waals surface area contributed by atoms with Crippen LogP contribution in [0.25, 0.3) is 0 Å². The van der Waals surface area contributed by atoms with Crippen LogP contribution in [0.4, 0.5) is 5.69 Å². The molecule has 0 spiro atoms. The molecule has 1 N–H and O–H groups in total. The van der Waals surface area contributed by atoms with Crippen molar-refractivity contribution < 1.29 is 4.74 Å². The molecule has 2 aromatic rings. The highest BCUT2D eigenvalue weighted by atomic mass is 79.9. The molecule has 0 radical (unpaired) electrons. The van der Waals surface area contributed by atoms with Gasteiger partial charge in [-0.25, -0.2) is 4.98 Å². The lowest BCUT2D eigenvalue weighted by molar-refractivity contribution is 0.414. The Morgan fingerprint density at radius 2 is 2.24 bits per heavy atom. The highest BCUT2D eigenvalue weighted by Crippen LogP contribution is 2.25. The van der Waals surface area contributed by atoms with Crippen molar-refractivity contribution in [3.05, 3.63) is 38.8 Å². The van der Waals surface area contributed by atoms with Gasteiger partial charge in [-0.1, -0.05) is 15.9 Å². The SMILES string of the molecule is COc1cc(Br)cc(NCc2scnc2C)c1. The zero-order valence-corrected chi connectivity index (χ0v) is 12.1. The fourth-order valence-corrected chi connectivity index (χ4v) is 2.65. The maximum absolute atomic E-state index is 5.22. The number of aromatic nitrogens is 1. The summed E-state index contributed by atoms with van der Waals surface area (Å²) >= 11 is 5.12. The van der Waals surface area contributed by atoms with Crippen LogP contribution in [0, 0.1) is 6.92 Å². The van der Waals surface area contributed by atoms with Crippen LogP contribution in [-0.4, -0.2) is 12.1 Å². The van der Waals surface area contributed by atoms with Crippen molar-refractivity contribution in [2.45, 2.75) is 13.5 Å². The summed E-state index contributed by atoms with van der Waals surface area (Å²) in [6, 6.07) is 5.93. The van der Waals surface area contributed by atoms with E-state index in [9.17, 15) is 0 Å². The summed E-state index contributed by atoms with van der Waals surface area (Å²) in [7, 11) is 1.67. The van der Waals surface area contributed by atoms with Gasteiger partial charge in [0.2, 0.25) is 0 Å². The van der Waals surface area contributed by atoms with E-state index in [0.717, 1.165) is 28.1 Å². The average Bonchev–Trinajstić information content (AvgIpc) is 2.71. The number of hydrogen-bond acceptors (Lipinski definition) is 4. The Balaban J connectivity index is 2.09. The van der Waals surface area contributed by atoms with Gasteiger partial charge in [0.25, 0.3) is 0 Å². The summed E-state index contributed by atoms with van der Waals surface area (Å²) in [6.07, 6.45) is 0. The lowest BCUT2D eigenvalue weighted by Crippen LogP contribution is -1.99. The molecule has 0 unspecified atom stereocenters. The van der Waals surface area contributed by atoms with Crippen LogP contribution in [0.15, 0.2) is 28.2 Å². The van der Waals surface area contributed by atoms with Gasteiger partial charge in [0, 0.05) is 21.1 Å². The normalized spacial score (nSPS) is 10.3. The number of methoxy groups -OCH3 is 1. The van der Waals surface area contributed by atoms with E-state index in [-0.39, 0.29) is 0 Å². The topological polar surface area (TPSA) is 34.1 Å². The van der Waals surface area contributed by atoms with Crippen LogP contribution in [0.2, 0.25) is 0 Å². The van der Waals surface area contributed by atoms with E-state index in [1.165, 1.54) is 4.88 Å². The van der Waals surface area contributed by atoms with Gasteiger partial charge in [-0.05, 0) is 19.1 Å². The van der Waals surface area contributed by atoms with E-state index in [1.807, 2.05) is 30.6 Å². The average molecular weight is 313 g/mol. The Kier molecular flexibility index (Phi) is 4.02. The van der Waals surface area contributed by atoms with Crippen LogP contribution < -0.4 is 10.1 Å². The smallest absolute Gasteiger partial charge is 0.122 e. The van der Waals surface area contributed by atoms with Crippen molar-refractivity contribution in [1.82, 2.24) is 4.98 Å². The van der Waals surface area contributed by atoms with Gasteiger partial charge in [-0.3, -0.25) is 0 Å². The van der Waals surface area contributed by atoms with Crippen LogP contribution in [0.1, 0.15) is 10.6 Å². The van der Waals surface area contributed by atoms with Gasteiger partial charge in [0.15, 0.2) is 0 Å². The molecule has 0 fully saturated rings. The zero-order chi connectivity index (χ0) is 12.3. The van der Waals surface area contributed by atoms with Gasteiger partial charge < -0.3 is 10.1 Å². The molecule has 17 heavy (non-hydrogen) atoms. The number of aryl methyl sites for hydroxylation is 1. The van der Waals surface area contributed by atoms with Crippen molar-refractivity contribution in [2.75, 3.05) is 12.4 Å². The third kappa shape index (κ3) is 3.20. The summed E-state index contributed by atoms with van der Waals surface area (Å²) in [5.74, 6) is 0.836. The number of hydrogen-bond donors (Lipinski definition) is 1. The molecule has 0 amide bonds. The third-order valence-corrected chi connectivity index (χ3v) is 3.80. The Morgan fingerprint density at radius 1 is 1.41 bits per heavy atom. The van der Waals surface area contributed by atoms with Gasteiger partial charge in [-0.2, -0.15) is 0 Å². The Hall–Kier alpha value is -1.07. The Bertz CT molecular complexity index is 513. The number of ether oxygens (including phenoxy) is 1. The van der Waals surface area contributed by atoms with Crippen molar-refractivity contribution in [1.29, 1.82) is 0 Å². The van der Waals surface area contributed by atoms with Gasteiger partial charge >= 0.3 is 0 Å². The predicted molar refractivity (Wildman–Crippen MR) is 74.9 cm³/mol. The maximum Gasteiger partial charge on any atom is 0.122 e. The molecule has 3 nitrogen and oxygen atoms in total. The number of nitrogens with one attached hydrogen (secondary N) is 1. The van der Waals surface area contributed by atoms with Gasteiger partial charge in [-0.15, -0.1) is 11.3 Å². The molecule has 1 aromatic carbocycles. The molecular formula is C12H13BrN2OS. The molecule has 5 heteroatoms. The van der Waals surface area contributed by atoms with Gasteiger partial charge in [0.05, 0.1) is 24.9 Å². The fraction of sp³-hybridized carbons (Fsp3) is 0.250. The molecule has 0 saturated heterocycles. The molecule has 0 aliphatic rings. The summed E-state index contributed by atoms with van der Waals surface area (Å²) in [4.78, 5) is 5.48. The van der Waals surface area contributed by atoms with Crippen molar-refractivity contribution in [3.63, 3.8) is 0 Å². The van der Waals surface area contributed by atoms with Crippen LogP contribution in [0.3, 0.4) is 0 Å². The zero-order valence-electron chi connectivity index (χ0n) is 9.66. The molecule has 1 aromatic heterocycles. The minimum Gasteiger partial charge on any atom is -0.497 e. The molecular weight excluding hydrogens is 300 g/mol. The number of benzene rings is 1. The van der Waals surface area contributed by atoms with Gasteiger partial charge in [0.1, 0.15) is 5.75 Å². The first-order chi connectivity index (χ1) is 8.19. The van der Waals surface area contributed by atoms with E-state index < -0.39 is 0 Å². The van der Waals surface area contributed by atoms with Crippen molar-refractivity contribution >= 4 is 33.0 Å². The monoisotopic (exact) mass is 312 g/mol. The van der Waals surface area contributed by atoms with Crippen LogP contribution in [-0.2, 0) is 6.54 Å². The lowest BCUT2D eigenvalue weighted by Gasteiger charge is -2.08. The third-order valence-electron chi connectivity index (χ3n) is 2.40. The second kappa shape index (κ2) is 5.51. The van der Waals surface area contributed by atoms with Crippen molar-refractivity contribution in [2.24, 2.45) is 0 Å². The molecule has 1 heterocycles. The summed E-state index contributed by atoms with van der Waals surface area (Å²) in [5.41, 5.74) is 3.99. The predicted octanol–water partition coefficient (Wildman–Crippen LogP) is 3.83. The first kappa shape index (κ1) is 12.4. The van der Waals surface area contributed by atoms with E-state index in [2.05, 4.69) is 26.2 Å². The van der Waals surface area contributed by atoms with Crippen LogP contribution in [0.5, 0.6) is 5.75 Å². The molecule has 0 aliphatic heterocycles. The number of nitrogens with zero attached hydrogens (tertiary/aromatic N) is 1. The van der Waals surface area contributed by atoms with Crippen molar-refractivity contribution in [3.8, 4) is 5.75 Å².